The molecule has 0 fully saturated rings. The van der Waals surface area contributed by atoms with Crippen LogP contribution in [-0.2, 0) is 0 Å². The Labute approximate surface area is 126 Å². The van der Waals surface area contributed by atoms with E-state index in [1.807, 2.05) is 6.07 Å². The number of hydrogen-bond donors (Lipinski definition) is 1. The average Bonchev–Trinajstić information content (AvgIpc) is 2.53. The molecule has 1 N–H and O–H groups in total. The molecule has 0 aromatic heterocycles. The summed E-state index contributed by atoms with van der Waals surface area (Å²) in [5.41, 5.74) is 0.450. The minimum atomic E-state index is -0.470. The maximum absolute atomic E-state index is 12.1. The summed E-state index contributed by atoms with van der Waals surface area (Å²) in [7, 11) is 0. The third-order valence-electron chi connectivity index (χ3n) is 3.14. The quantitative estimate of drug-likeness (QED) is 0.563. The second-order valence-electron chi connectivity index (χ2n) is 4.51. The standard InChI is InChI=1S/C17H11ClO3/c18-14-10-15(12-8-4-5-9-13(12)16(14)19)21-17(20)11-6-2-1-3-7-11/h1-10,19H. The van der Waals surface area contributed by atoms with E-state index in [1.54, 1.807) is 48.5 Å². The van der Waals surface area contributed by atoms with Crippen LogP contribution in [0.5, 0.6) is 11.5 Å². The Bertz CT molecular complexity index is 813. The molecule has 21 heavy (non-hydrogen) atoms. The Morgan fingerprint density at radius 2 is 1.57 bits per heavy atom. The third-order valence-corrected chi connectivity index (χ3v) is 3.43. The molecule has 3 aromatic carbocycles. The van der Waals surface area contributed by atoms with Crippen LogP contribution in [0, 0.1) is 0 Å². The van der Waals surface area contributed by atoms with Gasteiger partial charge < -0.3 is 9.84 Å². The highest BCUT2D eigenvalue weighted by molar-refractivity contribution is 6.33. The van der Waals surface area contributed by atoms with E-state index in [9.17, 15) is 9.90 Å². The smallest absolute Gasteiger partial charge is 0.343 e. The number of carbonyl (C=O) groups is 1. The van der Waals surface area contributed by atoms with Crippen LogP contribution in [0.1, 0.15) is 10.4 Å². The lowest BCUT2D eigenvalue weighted by atomic mass is 10.1. The van der Waals surface area contributed by atoms with E-state index in [-0.39, 0.29) is 10.8 Å². The molecule has 0 radical (unpaired) electrons. The summed E-state index contributed by atoms with van der Waals surface area (Å²) in [6, 6.07) is 17.2. The summed E-state index contributed by atoms with van der Waals surface area (Å²) in [6.07, 6.45) is 0. The number of ether oxygens (including phenoxy) is 1. The van der Waals surface area contributed by atoms with Gasteiger partial charge in [0.25, 0.3) is 0 Å². The van der Waals surface area contributed by atoms with Crippen molar-refractivity contribution in [1.82, 2.24) is 0 Å². The molecule has 0 bridgehead atoms. The molecule has 104 valence electrons. The summed E-state index contributed by atoms with van der Waals surface area (Å²) in [5.74, 6) is -0.170. The molecule has 0 aliphatic heterocycles. The van der Waals surface area contributed by atoms with E-state index in [4.69, 9.17) is 16.3 Å². The van der Waals surface area contributed by atoms with Crippen molar-refractivity contribution in [3.8, 4) is 11.5 Å². The highest BCUT2D eigenvalue weighted by Gasteiger charge is 2.14. The zero-order chi connectivity index (χ0) is 14.8. The van der Waals surface area contributed by atoms with Crippen LogP contribution in [0.4, 0.5) is 0 Å². The lowest BCUT2D eigenvalue weighted by Crippen LogP contribution is -2.08. The number of carbonyl (C=O) groups excluding carboxylic acids is 1. The van der Waals surface area contributed by atoms with E-state index in [1.165, 1.54) is 6.07 Å². The van der Waals surface area contributed by atoms with Gasteiger partial charge in [-0.05, 0) is 12.1 Å². The number of phenols is 1. The SMILES string of the molecule is O=C(Oc1cc(Cl)c(O)c2ccccc12)c1ccccc1. The Hall–Kier alpha value is -2.52. The molecule has 0 amide bonds. The van der Waals surface area contributed by atoms with Crippen molar-refractivity contribution >= 4 is 28.3 Å². The number of phenolic OH excluding ortho intramolecular Hbond substituents is 1. The van der Waals surface area contributed by atoms with Gasteiger partial charge in [0.05, 0.1) is 10.6 Å². The Morgan fingerprint density at radius 1 is 0.952 bits per heavy atom. The lowest BCUT2D eigenvalue weighted by Gasteiger charge is -2.10. The van der Waals surface area contributed by atoms with Crippen LogP contribution >= 0.6 is 11.6 Å². The number of hydrogen-bond acceptors (Lipinski definition) is 3. The number of aromatic hydroxyl groups is 1. The molecular formula is C17H11ClO3. The van der Waals surface area contributed by atoms with Gasteiger partial charge in [-0.15, -0.1) is 0 Å². The highest BCUT2D eigenvalue weighted by Crippen LogP contribution is 2.38. The van der Waals surface area contributed by atoms with E-state index >= 15 is 0 Å². The van der Waals surface area contributed by atoms with E-state index in [0.29, 0.717) is 22.1 Å². The first-order valence-corrected chi connectivity index (χ1v) is 6.72. The minimum Gasteiger partial charge on any atom is -0.506 e. The van der Waals surface area contributed by atoms with E-state index in [0.717, 1.165) is 0 Å². The fourth-order valence-corrected chi connectivity index (χ4v) is 2.31. The number of fused-ring (bicyclic) bond motifs is 1. The number of halogens is 1. The third kappa shape index (κ3) is 2.56. The van der Waals surface area contributed by atoms with Crippen molar-refractivity contribution in [2.24, 2.45) is 0 Å². The summed E-state index contributed by atoms with van der Waals surface area (Å²) in [4.78, 5) is 12.1. The lowest BCUT2D eigenvalue weighted by molar-refractivity contribution is 0.0737. The topological polar surface area (TPSA) is 46.5 Å². The molecular weight excluding hydrogens is 288 g/mol. The fourth-order valence-electron chi connectivity index (χ4n) is 2.11. The number of esters is 1. The van der Waals surface area contributed by atoms with Gasteiger partial charge in [0.15, 0.2) is 0 Å². The monoisotopic (exact) mass is 298 g/mol. The second-order valence-corrected chi connectivity index (χ2v) is 4.91. The molecule has 0 saturated carbocycles. The zero-order valence-electron chi connectivity index (χ0n) is 10.9. The van der Waals surface area contributed by atoms with Crippen molar-refractivity contribution < 1.29 is 14.6 Å². The summed E-state index contributed by atoms with van der Waals surface area (Å²) < 4.78 is 5.42. The van der Waals surface area contributed by atoms with Gasteiger partial charge in [-0.3, -0.25) is 0 Å². The Balaban J connectivity index is 2.05. The predicted octanol–water partition coefficient (Wildman–Crippen LogP) is 4.42. The molecule has 0 atom stereocenters. The van der Waals surface area contributed by atoms with Crippen molar-refractivity contribution in [3.05, 3.63) is 71.2 Å². The number of rotatable bonds is 2. The first-order chi connectivity index (χ1) is 10.2. The summed E-state index contributed by atoms with van der Waals surface area (Å²) in [5, 5.41) is 11.3. The van der Waals surface area contributed by atoms with Gasteiger partial charge in [-0.1, -0.05) is 54.1 Å². The van der Waals surface area contributed by atoms with Crippen LogP contribution in [0.2, 0.25) is 5.02 Å². The van der Waals surface area contributed by atoms with Crippen molar-refractivity contribution in [2.75, 3.05) is 0 Å². The van der Waals surface area contributed by atoms with Gasteiger partial charge in [-0.2, -0.15) is 0 Å². The molecule has 4 heteroatoms. The van der Waals surface area contributed by atoms with Crippen molar-refractivity contribution in [1.29, 1.82) is 0 Å². The molecule has 0 saturated heterocycles. The maximum atomic E-state index is 12.1. The molecule has 0 unspecified atom stereocenters. The van der Waals surface area contributed by atoms with E-state index in [2.05, 4.69) is 0 Å². The van der Waals surface area contributed by atoms with Crippen LogP contribution in [-0.4, -0.2) is 11.1 Å². The van der Waals surface area contributed by atoms with Crippen LogP contribution < -0.4 is 4.74 Å². The zero-order valence-corrected chi connectivity index (χ0v) is 11.7. The fraction of sp³-hybridized carbons (Fsp3) is 0. The molecule has 3 nitrogen and oxygen atoms in total. The average molecular weight is 299 g/mol. The van der Waals surface area contributed by atoms with Gasteiger partial charge in [0.1, 0.15) is 11.5 Å². The van der Waals surface area contributed by atoms with Gasteiger partial charge >= 0.3 is 5.97 Å². The second kappa shape index (κ2) is 5.46. The van der Waals surface area contributed by atoms with Gasteiger partial charge in [0, 0.05) is 16.8 Å². The highest BCUT2D eigenvalue weighted by atomic mass is 35.5. The molecule has 0 spiro atoms. The van der Waals surface area contributed by atoms with Gasteiger partial charge in [-0.25, -0.2) is 4.79 Å². The predicted molar refractivity (Wildman–Crippen MR) is 82.0 cm³/mol. The van der Waals surface area contributed by atoms with Crippen LogP contribution in [0.3, 0.4) is 0 Å². The summed E-state index contributed by atoms with van der Waals surface area (Å²) in [6.45, 7) is 0. The molecule has 3 rings (SSSR count). The molecule has 3 aromatic rings. The maximum Gasteiger partial charge on any atom is 0.343 e. The Morgan fingerprint density at radius 3 is 2.29 bits per heavy atom. The largest absolute Gasteiger partial charge is 0.506 e. The van der Waals surface area contributed by atoms with Crippen LogP contribution in [0.15, 0.2) is 60.7 Å². The van der Waals surface area contributed by atoms with Gasteiger partial charge in [0.2, 0.25) is 0 Å². The normalized spacial score (nSPS) is 10.5. The number of benzene rings is 3. The minimum absolute atomic E-state index is 0.0215. The van der Waals surface area contributed by atoms with Crippen molar-refractivity contribution in [3.63, 3.8) is 0 Å². The first-order valence-electron chi connectivity index (χ1n) is 6.34. The Kier molecular flexibility index (Phi) is 3.50. The van der Waals surface area contributed by atoms with E-state index < -0.39 is 5.97 Å². The summed E-state index contributed by atoms with van der Waals surface area (Å²) >= 11 is 5.98. The van der Waals surface area contributed by atoms with Crippen LogP contribution in [0.25, 0.3) is 10.8 Å². The molecule has 0 heterocycles. The van der Waals surface area contributed by atoms with Crippen molar-refractivity contribution in [2.45, 2.75) is 0 Å². The molecule has 0 aliphatic carbocycles. The molecule has 0 aliphatic rings. The first kappa shape index (κ1) is 13.5.